The average Bonchev–Trinajstić information content (AvgIpc) is 3.20. The molecule has 0 amide bonds. The van der Waals surface area contributed by atoms with Gasteiger partial charge in [0.1, 0.15) is 17.3 Å². The summed E-state index contributed by atoms with van der Waals surface area (Å²) in [6.07, 6.45) is 0.906. The zero-order chi connectivity index (χ0) is 16.6. The zero-order valence-corrected chi connectivity index (χ0v) is 13.6. The molecule has 0 bridgehead atoms. The van der Waals surface area contributed by atoms with Crippen LogP contribution in [-0.2, 0) is 11.3 Å². The van der Waals surface area contributed by atoms with Gasteiger partial charge in [0.05, 0.1) is 25.3 Å². The van der Waals surface area contributed by atoms with Crippen LogP contribution in [0.2, 0.25) is 0 Å². The molecule has 4 rings (SSSR count). The molecule has 2 fully saturated rings. The number of aliphatic hydroxyl groups excluding tert-OH is 1. The summed E-state index contributed by atoms with van der Waals surface area (Å²) in [5, 5.41) is 9.87. The van der Waals surface area contributed by atoms with Gasteiger partial charge in [0.25, 0.3) is 0 Å². The number of rotatable bonds is 4. The Balaban J connectivity index is 1.48. The second-order valence-electron chi connectivity index (χ2n) is 6.96. The number of hydrogen-bond acceptors (Lipinski definition) is 4. The molecule has 2 saturated heterocycles. The summed E-state index contributed by atoms with van der Waals surface area (Å²) in [6, 6.07) is 10.4. The molecule has 2 aromatic rings. The van der Waals surface area contributed by atoms with Crippen molar-refractivity contribution >= 4 is 0 Å². The van der Waals surface area contributed by atoms with Gasteiger partial charge in [-0.3, -0.25) is 4.90 Å². The normalized spacial score (nSPS) is 27.3. The number of benzene rings is 1. The number of nitrogens with zero attached hydrogens (tertiary/aromatic N) is 1. The van der Waals surface area contributed by atoms with Gasteiger partial charge in [-0.25, -0.2) is 4.39 Å². The van der Waals surface area contributed by atoms with Gasteiger partial charge in [0.2, 0.25) is 0 Å². The summed E-state index contributed by atoms with van der Waals surface area (Å²) in [5.41, 5.74) is 0.443. The van der Waals surface area contributed by atoms with Gasteiger partial charge in [-0.1, -0.05) is 12.1 Å². The lowest BCUT2D eigenvalue weighted by molar-refractivity contribution is -0.0417. The number of hydrogen-bond donors (Lipinski definition) is 1. The summed E-state index contributed by atoms with van der Waals surface area (Å²) in [6.45, 7) is 4.07. The fraction of sp³-hybridized carbons (Fsp3) is 0.474. The van der Waals surface area contributed by atoms with Crippen LogP contribution in [0.5, 0.6) is 0 Å². The number of aliphatic hydroxyl groups is 1. The Bertz CT molecular complexity index is 716. The Kier molecular flexibility index (Phi) is 4.16. The van der Waals surface area contributed by atoms with Crippen molar-refractivity contribution in [1.29, 1.82) is 0 Å². The monoisotopic (exact) mass is 331 g/mol. The molecule has 2 aliphatic heterocycles. The van der Waals surface area contributed by atoms with Crippen LogP contribution in [0.4, 0.5) is 4.39 Å². The SMILES string of the molecule is OC[C@]12CCOC[C@H]1CN(Cc1ccc(-c3ccccc3F)o1)C2. The maximum absolute atomic E-state index is 13.9. The van der Waals surface area contributed by atoms with E-state index < -0.39 is 0 Å². The molecule has 3 heterocycles. The summed E-state index contributed by atoms with van der Waals surface area (Å²) < 4.78 is 25.3. The van der Waals surface area contributed by atoms with Gasteiger partial charge in [-0.05, 0) is 30.7 Å². The number of halogens is 1. The zero-order valence-electron chi connectivity index (χ0n) is 13.6. The Hall–Kier alpha value is -1.69. The predicted molar refractivity (Wildman–Crippen MR) is 87.8 cm³/mol. The van der Waals surface area contributed by atoms with E-state index in [0.717, 1.165) is 38.5 Å². The molecule has 0 radical (unpaired) electrons. The molecule has 4 nitrogen and oxygen atoms in total. The van der Waals surface area contributed by atoms with Gasteiger partial charge in [0.15, 0.2) is 0 Å². The fourth-order valence-electron chi connectivity index (χ4n) is 4.03. The van der Waals surface area contributed by atoms with E-state index in [1.807, 2.05) is 12.1 Å². The maximum Gasteiger partial charge on any atom is 0.137 e. The number of furan rings is 1. The number of ether oxygens (including phenoxy) is 1. The van der Waals surface area contributed by atoms with Crippen molar-refractivity contribution in [3.05, 3.63) is 48.0 Å². The van der Waals surface area contributed by atoms with E-state index in [1.165, 1.54) is 6.07 Å². The van der Waals surface area contributed by atoms with Crippen LogP contribution < -0.4 is 0 Å². The van der Waals surface area contributed by atoms with E-state index in [1.54, 1.807) is 18.2 Å². The standard InChI is InChI=1S/C19H22FNO3/c20-17-4-2-1-3-16(17)18-6-5-15(24-18)10-21-9-14-11-23-8-7-19(14,12-21)13-22/h1-6,14,22H,7-13H2/t14-,19-/m1/s1. The smallest absolute Gasteiger partial charge is 0.137 e. The van der Waals surface area contributed by atoms with Crippen LogP contribution in [0.15, 0.2) is 40.8 Å². The molecule has 2 atom stereocenters. The second-order valence-corrected chi connectivity index (χ2v) is 6.96. The van der Waals surface area contributed by atoms with E-state index in [9.17, 15) is 9.50 Å². The number of fused-ring (bicyclic) bond motifs is 1. The first-order valence-corrected chi connectivity index (χ1v) is 8.45. The highest BCUT2D eigenvalue weighted by Gasteiger charge is 2.47. The molecule has 0 unspecified atom stereocenters. The molecule has 1 N–H and O–H groups in total. The van der Waals surface area contributed by atoms with E-state index >= 15 is 0 Å². The van der Waals surface area contributed by atoms with Crippen molar-refractivity contribution in [3.8, 4) is 11.3 Å². The minimum atomic E-state index is -0.276. The Morgan fingerprint density at radius 2 is 2.12 bits per heavy atom. The van der Waals surface area contributed by atoms with Gasteiger partial charge in [-0.15, -0.1) is 0 Å². The Morgan fingerprint density at radius 3 is 2.92 bits per heavy atom. The second kappa shape index (κ2) is 6.31. The minimum absolute atomic E-state index is 0.0424. The molecule has 2 aliphatic rings. The molecule has 1 aromatic heterocycles. The third kappa shape index (κ3) is 2.77. The van der Waals surface area contributed by atoms with Crippen LogP contribution in [0.25, 0.3) is 11.3 Å². The highest BCUT2D eigenvalue weighted by atomic mass is 19.1. The molecule has 0 spiro atoms. The summed E-state index contributed by atoms with van der Waals surface area (Å²) in [5.74, 6) is 1.47. The summed E-state index contributed by atoms with van der Waals surface area (Å²) >= 11 is 0. The summed E-state index contributed by atoms with van der Waals surface area (Å²) in [7, 11) is 0. The predicted octanol–water partition coefficient (Wildman–Crippen LogP) is 2.92. The first-order valence-electron chi connectivity index (χ1n) is 8.45. The topological polar surface area (TPSA) is 45.8 Å². The lowest BCUT2D eigenvalue weighted by atomic mass is 9.75. The van der Waals surface area contributed by atoms with Crippen LogP contribution in [0.3, 0.4) is 0 Å². The largest absolute Gasteiger partial charge is 0.460 e. The van der Waals surface area contributed by atoms with Crippen LogP contribution in [0, 0.1) is 17.2 Å². The molecule has 5 heteroatoms. The Morgan fingerprint density at radius 1 is 1.25 bits per heavy atom. The third-order valence-electron chi connectivity index (χ3n) is 5.44. The van der Waals surface area contributed by atoms with E-state index in [4.69, 9.17) is 9.15 Å². The van der Waals surface area contributed by atoms with E-state index in [0.29, 0.717) is 23.8 Å². The highest BCUT2D eigenvalue weighted by Crippen LogP contribution is 2.42. The maximum atomic E-state index is 13.9. The van der Waals surface area contributed by atoms with Gasteiger partial charge < -0.3 is 14.3 Å². The summed E-state index contributed by atoms with van der Waals surface area (Å²) in [4.78, 5) is 2.31. The van der Waals surface area contributed by atoms with Crippen molar-refractivity contribution in [3.63, 3.8) is 0 Å². The molecular weight excluding hydrogens is 309 g/mol. The minimum Gasteiger partial charge on any atom is -0.460 e. The lowest BCUT2D eigenvalue weighted by Gasteiger charge is -2.36. The number of likely N-dealkylation sites (tertiary alicyclic amines) is 1. The molecular formula is C19H22FNO3. The highest BCUT2D eigenvalue weighted by molar-refractivity contribution is 5.58. The van der Waals surface area contributed by atoms with Crippen molar-refractivity contribution in [1.82, 2.24) is 4.90 Å². The molecule has 0 saturated carbocycles. The van der Waals surface area contributed by atoms with Crippen molar-refractivity contribution < 1.29 is 18.7 Å². The van der Waals surface area contributed by atoms with Crippen molar-refractivity contribution in [2.45, 2.75) is 13.0 Å². The van der Waals surface area contributed by atoms with E-state index in [2.05, 4.69) is 4.90 Å². The molecule has 128 valence electrons. The van der Waals surface area contributed by atoms with Gasteiger partial charge in [-0.2, -0.15) is 0 Å². The van der Waals surface area contributed by atoms with Crippen LogP contribution in [0.1, 0.15) is 12.2 Å². The first kappa shape index (κ1) is 15.8. The van der Waals surface area contributed by atoms with Crippen LogP contribution >= 0.6 is 0 Å². The van der Waals surface area contributed by atoms with Crippen molar-refractivity contribution in [2.75, 3.05) is 32.9 Å². The molecule has 0 aliphatic carbocycles. The lowest BCUT2D eigenvalue weighted by Crippen LogP contribution is -2.41. The third-order valence-corrected chi connectivity index (χ3v) is 5.44. The fourth-order valence-corrected chi connectivity index (χ4v) is 4.03. The Labute approximate surface area is 140 Å². The van der Waals surface area contributed by atoms with Gasteiger partial charge >= 0.3 is 0 Å². The molecule has 1 aromatic carbocycles. The quantitative estimate of drug-likeness (QED) is 0.936. The first-order chi connectivity index (χ1) is 11.7. The van der Waals surface area contributed by atoms with Crippen molar-refractivity contribution in [2.24, 2.45) is 11.3 Å². The van der Waals surface area contributed by atoms with Crippen LogP contribution in [-0.4, -0.2) is 42.9 Å². The van der Waals surface area contributed by atoms with Gasteiger partial charge in [0, 0.05) is 31.0 Å². The van der Waals surface area contributed by atoms with E-state index in [-0.39, 0.29) is 17.8 Å². The molecule has 24 heavy (non-hydrogen) atoms. The average molecular weight is 331 g/mol.